The van der Waals surface area contributed by atoms with Gasteiger partial charge in [0.15, 0.2) is 0 Å². The molecule has 0 saturated heterocycles. The van der Waals surface area contributed by atoms with Gasteiger partial charge in [0.1, 0.15) is 0 Å². The van der Waals surface area contributed by atoms with Gasteiger partial charge in [0.25, 0.3) is 0 Å². The molecule has 17 heavy (non-hydrogen) atoms. The van der Waals surface area contributed by atoms with Crippen LogP contribution in [0.1, 0.15) is 27.7 Å². The molecule has 0 N–H and O–H groups in total. The fraction of sp³-hybridized carbons (Fsp3) is 0.727. The summed E-state index contributed by atoms with van der Waals surface area (Å²) in [6, 6.07) is 0. The Morgan fingerprint density at radius 3 is 2.41 bits per heavy atom. The Kier molecular flexibility index (Phi) is 8.16. The second-order valence-corrected chi connectivity index (χ2v) is 5.52. The number of thioether (sulfide) groups is 1. The normalized spacial score (nSPS) is 13.4. The molecule has 0 aromatic carbocycles. The van der Waals surface area contributed by atoms with Crippen LogP contribution in [0.4, 0.5) is 0 Å². The van der Waals surface area contributed by atoms with E-state index in [2.05, 4.69) is 4.99 Å². The topological polar surface area (TPSA) is 47.9 Å². The number of carbonyl (C=O) groups is 1. The number of thiocarbonyl (C=S) groups is 1. The van der Waals surface area contributed by atoms with Gasteiger partial charge in [-0.3, -0.25) is 9.79 Å². The molecule has 6 heteroatoms. The lowest BCUT2D eigenvalue weighted by molar-refractivity contribution is -0.139. The Morgan fingerprint density at radius 2 is 2.00 bits per heavy atom. The lowest BCUT2D eigenvalue weighted by atomic mass is 10.2. The number of carbonyl (C=O) groups excluding carboxylic acids is 1. The van der Waals surface area contributed by atoms with Crippen LogP contribution in [0.25, 0.3) is 0 Å². The van der Waals surface area contributed by atoms with E-state index in [1.54, 1.807) is 20.9 Å². The molecule has 0 heterocycles. The summed E-state index contributed by atoms with van der Waals surface area (Å²) < 4.78 is 10.8. The van der Waals surface area contributed by atoms with Crippen molar-refractivity contribution in [2.24, 2.45) is 10.9 Å². The Balaban J connectivity index is 4.37. The number of esters is 1. The maximum absolute atomic E-state index is 11.5. The Labute approximate surface area is 112 Å². The van der Waals surface area contributed by atoms with Crippen molar-refractivity contribution in [3.63, 3.8) is 0 Å². The highest BCUT2D eigenvalue weighted by Crippen LogP contribution is 2.17. The van der Waals surface area contributed by atoms with E-state index in [0.29, 0.717) is 16.9 Å². The van der Waals surface area contributed by atoms with E-state index >= 15 is 0 Å². The van der Waals surface area contributed by atoms with E-state index in [1.807, 2.05) is 13.8 Å². The van der Waals surface area contributed by atoms with E-state index in [1.165, 1.54) is 11.8 Å². The summed E-state index contributed by atoms with van der Waals surface area (Å²) in [6.45, 7) is 7.82. The second kappa shape index (κ2) is 8.47. The minimum absolute atomic E-state index is 0.137. The molecule has 1 unspecified atom stereocenters. The third-order valence-electron chi connectivity index (χ3n) is 1.78. The van der Waals surface area contributed by atoms with E-state index in [0.717, 1.165) is 0 Å². The molecule has 0 aliphatic rings. The van der Waals surface area contributed by atoms with Crippen LogP contribution in [0.5, 0.6) is 0 Å². The molecule has 1 atom stereocenters. The third-order valence-corrected chi connectivity index (χ3v) is 3.05. The average Bonchev–Trinajstić information content (AvgIpc) is 2.25. The minimum Gasteiger partial charge on any atom is -0.479 e. The largest absolute Gasteiger partial charge is 0.479 e. The van der Waals surface area contributed by atoms with Crippen LogP contribution >= 0.6 is 24.0 Å². The highest BCUT2D eigenvalue weighted by atomic mass is 32.2. The first-order valence-corrected chi connectivity index (χ1v) is 6.72. The van der Waals surface area contributed by atoms with Gasteiger partial charge in [-0.15, -0.1) is 0 Å². The molecule has 98 valence electrons. The molecule has 0 rings (SSSR count). The fourth-order valence-corrected chi connectivity index (χ4v) is 2.16. The van der Waals surface area contributed by atoms with Crippen molar-refractivity contribution in [1.82, 2.24) is 0 Å². The molecule has 0 aromatic heterocycles. The van der Waals surface area contributed by atoms with Crippen LogP contribution in [0, 0.1) is 5.92 Å². The van der Waals surface area contributed by atoms with Crippen LogP contribution in [-0.4, -0.2) is 35.2 Å². The van der Waals surface area contributed by atoms with Gasteiger partial charge in [-0.05, 0) is 26.1 Å². The van der Waals surface area contributed by atoms with Crippen molar-refractivity contribution in [2.45, 2.75) is 32.9 Å². The molecule has 0 spiro atoms. The summed E-state index contributed by atoms with van der Waals surface area (Å²) in [5, 5.41) is -0.137. The number of nitrogens with zero attached hydrogens (tertiary/aromatic N) is 1. The molecule has 0 aliphatic carbocycles. The molecule has 0 radical (unpaired) electrons. The molecule has 0 aliphatic heterocycles. The van der Waals surface area contributed by atoms with Crippen LogP contribution in [0.2, 0.25) is 0 Å². The second-order valence-electron chi connectivity index (χ2n) is 3.58. The van der Waals surface area contributed by atoms with Crippen LogP contribution < -0.4 is 0 Å². The standard InChI is InChI=1S/C11H19NO3S2/c1-6-14-11(16)17-8(4)9(12-5)15-10(13)7(2)3/h7-8H,6H2,1-5H3. The zero-order valence-electron chi connectivity index (χ0n) is 10.9. The highest BCUT2D eigenvalue weighted by molar-refractivity contribution is 8.23. The van der Waals surface area contributed by atoms with Gasteiger partial charge in [-0.2, -0.15) is 0 Å². The third kappa shape index (κ3) is 6.63. The van der Waals surface area contributed by atoms with Crippen molar-refractivity contribution in [3.05, 3.63) is 0 Å². The zero-order chi connectivity index (χ0) is 13.4. The quantitative estimate of drug-likeness (QED) is 0.342. The summed E-state index contributed by atoms with van der Waals surface area (Å²) in [4.78, 5) is 15.4. The predicted octanol–water partition coefficient (Wildman–Crippen LogP) is 2.66. The van der Waals surface area contributed by atoms with Gasteiger partial charge >= 0.3 is 5.97 Å². The van der Waals surface area contributed by atoms with Crippen LogP contribution in [0.3, 0.4) is 0 Å². The average molecular weight is 277 g/mol. The zero-order valence-corrected chi connectivity index (χ0v) is 12.5. The summed E-state index contributed by atoms with van der Waals surface area (Å²) in [5.74, 6) is -0.0982. The fourth-order valence-electron chi connectivity index (χ4n) is 0.878. The molecule has 0 aromatic rings. The summed E-state index contributed by atoms with van der Waals surface area (Å²) in [5.41, 5.74) is 0. The monoisotopic (exact) mass is 277 g/mol. The Hall–Kier alpha value is -0.620. The molecule has 0 bridgehead atoms. The number of rotatable bonds is 4. The lowest BCUT2D eigenvalue weighted by Gasteiger charge is -2.15. The number of hydrogen-bond donors (Lipinski definition) is 0. The van der Waals surface area contributed by atoms with E-state index in [-0.39, 0.29) is 17.1 Å². The van der Waals surface area contributed by atoms with Gasteiger partial charge in [0.05, 0.1) is 17.8 Å². The van der Waals surface area contributed by atoms with Crippen molar-refractivity contribution >= 4 is 40.2 Å². The van der Waals surface area contributed by atoms with E-state index in [4.69, 9.17) is 21.7 Å². The van der Waals surface area contributed by atoms with Crippen LogP contribution in [-0.2, 0) is 14.3 Å². The van der Waals surface area contributed by atoms with E-state index < -0.39 is 0 Å². The smallest absolute Gasteiger partial charge is 0.314 e. The maximum atomic E-state index is 11.5. The SMILES string of the molecule is CCOC(=S)SC(C)C(=NC)OC(=O)C(C)C. The molecular weight excluding hydrogens is 258 g/mol. The summed E-state index contributed by atoms with van der Waals surface area (Å²) >= 11 is 6.32. The van der Waals surface area contributed by atoms with Crippen molar-refractivity contribution < 1.29 is 14.3 Å². The molecular formula is C11H19NO3S2. The predicted molar refractivity (Wildman–Crippen MR) is 75.6 cm³/mol. The minimum atomic E-state index is -0.291. The van der Waals surface area contributed by atoms with Gasteiger partial charge in [-0.25, -0.2) is 0 Å². The number of aliphatic imine (C=N–C) groups is 1. The van der Waals surface area contributed by atoms with Crippen LogP contribution in [0.15, 0.2) is 4.99 Å². The summed E-state index contributed by atoms with van der Waals surface area (Å²) in [7, 11) is 1.59. The first-order valence-electron chi connectivity index (χ1n) is 5.44. The van der Waals surface area contributed by atoms with Gasteiger partial charge in [0.2, 0.25) is 10.3 Å². The van der Waals surface area contributed by atoms with Gasteiger partial charge in [-0.1, -0.05) is 25.6 Å². The molecule has 4 nitrogen and oxygen atoms in total. The molecule has 0 fully saturated rings. The molecule has 0 amide bonds. The first kappa shape index (κ1) is 16.4. The Bertz CT molecular complexity index is 303. The Morgan fingerprint density at radius 1 is 1.41 bits per heavy atom. The lowest BCUT2D eigenvalue weighted by Crippen LogP contribution is -2.25. The van der Waals surface area contributed by atoms with Crippen molar-refractivity contribution in [3.8, 4) is 0 Å². The maximum Gasteiger partial charge on any atom is 0.314 e. The van der Waals surface area contributed by atoms with Crippen molar-refractivity contribution in [2.75, 3.05) is 13.7 Å². The molecule has 0 saturated carbocycles. The highest BCUT2D eigenvalue weighted by Gasteiger charge is 2.20. The first-order chi connectivity index (χ1) is 7.92. The number of ether oxygens (including phenoxy) is 2. The van der Waals surface area contributed by atoms with E-state index in [9.17, 15) is 4.79 Å². The van der Waals surface area contributed by atoms with Gasteiger partial charge in [0, 0.05) is 7.05 Å². The van der Waals surface area contributed by atoms with Gasteiger partial charge < -0.3 is 9.47 Å². The number of hydrogen-bond acceptors (Lipinski definition) is 6. The summed E-state index contributed by atoms with van der Waals surface area (Å²) in [6.07, 6.45) is 0. The van der Waals surface area contributed by atoms with Crippen molar-refractivity contribution in [1.29, 1.82) is 0 Å².